The van der Waals surface area contributed by atoms with Crippen LogP contribution in [0.1, 0.15) is 43.0 Å². The zero-order chi connectivity index (χ0) is 20.5. The molecule has 0 spiro atoms. The van der Waals surface area contributed by atoms with E-state index in [1.54, 1.807) is 0 Å². The van der Waals surface area contributed by atoms with Gasteiger partial charge in [-0.05, 0) is 74.1 Å². The Labute approximate surface area is 165 Å². The first kappa shape index (κ1) is 20.3. The number of aryl methyl sites for hydroxylation is 2. The normalized spacial score (nSPS) is 15.6. The van der Waals surface area contributed by atoms with Crippen molar-refractivity contribution in [2.24, 2.45) is 0 Å². The molecule has 0 aromatic heterocycles. The highest BCUT2D eigenvalue weighted by molar-refractivity contribution is 7.92. The number of amides is 1. The molecule has 1 aliphatic rings. The molecule has 1 aliphatic carbocycles. The lowest BCUT2D eigenvalue weighted by Crippen LogP contribution is -2.48. The van der Waals surface area contributed by atoms with E-state index in [1.807, 2.05) is 13.0 Å². The molecule has 0 saturated heterocycles. The van der Waals surface area contributed by atoms with Gasteiger partial charge in [-0.25, -0.2) is 12.8 Å². The second-order valence-corrected chi connectivity index (χ2v) is 9.18. The van der Waals surface area contributed by atoms with Crippen molar-refractivity contribution in [3.05, 3.63) is 65.0 Å². The topological polar surface area (TPSA) is 66.5 Å². The number of hydrogen-bond donors (Lipinski definition) is 1. The van der Waals surface area contributed by atoms with Crippen molar-refractivity contribution in [2.45, 2.75) is 45.2 Å². The Morgan fingerprint density at radius 2 is 1.71 bits per heavy atom. The van der Waals surface area contributed by atoms with Crippen molar-refractivity contribution in [1.29, 1.82) is 0 Å². The van der Waals surface area contributed by atoms with Crippen LogP contribution < -0.4 is 9.62 Å². The standard InChI is InChI=1S/C21H25FN2O3S/c1-14(17-8-7-16-5-4-6-18(16)13-17)23-21(25)15(2)24(28(3,26)27)20-11-9-19(22)10-12-20/h7-15H,4-6H2,1-3H3,(H,23,25)/t14-,15+/m1/s1. The summed E-state index contributed by atoms with van der Waals surface area (Å²) in [6.07, 6.45) is 4.32. The van der Waals surface area contributed by atoms with Crippen LogP contribution in [0.25, 0.3) is 0 Å². The quantitative estimate of drug-likeness (QED) is 0.803. The van der Waals surface area contributed by atoms with Gasteiger partial charge in [-0.15, -0.1) is 0 Å². The molecule has 0 fully saturated rings. The van der Waals surface area contributed by atoms with Gasteiger partial charge in [0.15, 0.2) is 0 Å². The molecule has 0 heterocycles. The van der Waals surface area contributed by atoms with Gasteiger partial charge in [-0.1, -0.05) is 18.2 Å². The van der Waals surface area contributed by atoms with Crippen LogP contribution in [0.2, 0.25) is 0 Å². The molecule has 0 bridgehead atoms. The van der Waals surface area contributed by atoms with E-state index in [4.69, 9.17) is 0 Å². The molecule has 1 N–H and O–H groups in total. The van der Waals surface area contributed by atoms with Crippen molar-refractivity contribution in [1.82, 2.24) is 5.32 Å². The first-order chi connectivity index (χ1) is 13.2. The molecule has 2 atom stereocenters. The van der Waals surface area contributed by atoms with Crippen molar-refractivity contribution in [2.75, 3.05) is 10.6 Å². The number of hydrogen-bond acceptors (Lipinski definition) is 3. The number of fused-ring (bicyclic) bond motifs is 1. The maximum Gasteiger partial charge on any atom is 0.244 e. The van der Waals surface area contributed by atoms with Gasteiger partial charge in [0.05, 0.1) is 18.0 Å². The van der Waals surface area contributed by atoms with Gasteiger partial charge in [0, 0.05) is 0 Å². The van der Waals surface area contributed by atoms with Gasteiger partial charge >= 0.3 is 0 Å². The van der Waals surface area contributed by atoms with Crippen LogP contribution >= 0.6 is 0 Å². The molecule has 3 rings (SSSR count). The molecular formula is C21H25FN2O3S. The molecule has 0 unspecified atom stereocenters. The molecule has 0 saturated carbocycles. The molecular weight excluding hydrogens is 379 g/mol. The van der Waals surface area contributed by atoms with Crippen molar-refractivity contribution in [3.63, 3.8) is 0 Å². The highest BCUT2D eigenvalue weighted by atomic mass is 32.2. The van der Waals surface area contributed by atoms with Gasteiger partial charge in [-0.2, -0.15) is 0 Å². The minimum Gasteiger partial charge on any atom is -0.348 e. The molecule has 5 nitrogen and oxygen atoms in total. The second kappa shape index (κ2) is 7.91. The Balaban J connectivity index is 1.78. The number of rotatable bonds is 6. The van der Waals surface area contributed by atoms with Crippen LogP contribution in [0.15, 0.2) is 42.5 Å². The molecule has 0 aliphatic heterocycles. The maximum absolute atomic E-state index is 13.2. The molecule has 2 aromatic carbocycles. The Morgan fingerprint density at radius 3 is 2.36 bits per heavy atom. The Hall–Kier alpha value is -2.41. The lowest BCUT2D eigenvalue weighted by Gasteiger charge is -2.29. The zero-order valence-electron chi connectivity index (χ0n) is 16.3. The Morgan fingerprint density at radius 1 is 1.07 bits per heavy atom. The lowest BCUT2D eigenvalue weighted by atomic mass is 10.0. The fraction of sp³-hybridized carbons (Fsp3) is 0.381. The van der Waals surface area contributed by atoms with E-state index in [0.717, 1.165) is 35.4 Å². The van der Waals surface area contributed by atoms with E-state index in [2.05, 4.69) is 17.4 Å². The van der Waals surface area contributed by atoms with Gasteiger partial charge in [-0.3, -0.25) is 9.10 Å². The lowest BCUT2D eigenvalue weighted by molar-refractivity contribution is -0.122. The average molecular weight is 405 g/mol. The molecule has 0 radical (unpaired) electrons. The van der Waals surface area contributed by atoms with E-state index < -0.39 is 27.8 Å². The van der Waals surface area contributed by atoms with Crippen molar-refractivity contribution >= 4 is 21.6 Å². The number of halogens is 1. The summed E-state index contributed by atoms with van der Waals surface area (Å²) in [4.78, 5) is 12.8. The summed E-state index contributed by atoms with van der Waals surface area (Å²) >= 11 is 0. The van der Waals surface area contributed by atoms with Crippen LogP contribution in [-0.4, -0.2) is 26.6 Å². The van der Waals surface area contributed by atoms with Crippen molar-refractivity contribution < 1.29 is 17.6 Å². The smallest absolute Gasteiger partial charge is 0.244 e. The summed E-state index contributed by atoms with van der Waals surface area (Å²) in [5, 5.41) is 2.90. The summed E-state index contributed by atoms with van der Waals surface area (Å²) in [5.41, 5.74) is 3.91. The average Bonchev–Trinajstić information content (AvgIpc) is 3.10. The third-order valence-electron chi connectivity index (χ3n) is 5.15. The molecule has 7 heteroatoms. The SMILES string of the molecule is C[C@@H](NC(=O)[C@H](C)N(c1ccc(F)cc1)S(C)(=O)=O)c1ccc2c(c1)CCC2. The first-order valence-electron chi connectivity index (χ1n) is 9.34. The minimum atomic E-state index is -3.73. The number of benzene rings is 2. The number of carbonyl (C=O) groups excluding carboxylic acids is 1. The van der Waals surface area contributed by atoms with Crippen molar-refractivity contribution in [3.8, 4) is 0 Å². The summed E-state index contributed by atoms with van der Waals surface area (Å²) in [6, 6.07) is 10.0. The number of nitrogens with zero attached hydrogens (tertiary/aromatic N) is 1. The van der Waals surface area contributed by atoms with Gasteiger partial charge < -0.3 is 5.32 Å². The van der Waals surface area contributed by atoms with Gasteiger partial charge in [0.25, 0.3) is 0 Å². The van der Waals surface area contributed by atoms with Crippen LogP contribution in [0.3, 0.4) is 0 Å². The van der Waals surface area contributed by atoms with E-state index in [0.29, 0.717) is 0 Å². The predicted octanol–water partition coefficient (Wildman–Crippen LogP) is 3.35. The number of nitrogens with one attached hydrogen (secondary N) is 1. The van der Waals surface area contributed by atoms with E-state index in [1.165, 1.54) is 42.3 Å². The van der Waals surface area contributed by atoms with E-state index >= 15 is 0 Å². The summed E-state index contributed by atoms with van der Waals surface area (Å²) < 4.78 is 38.8. The highest BCUT2D eigenvalue weighted by Gasteiger charge is 2.30. The third-order valence-corrected chi connectivity index (χ3v) is 6.39. The van der Waals surface area contributed by atoms with Crippen LogP contribution in [0.4, 0.5) is 10.1 Å². The van der Waals surface area contributed by atoms with E-state index in [9.17, 15) is 17.6 Å². The molecule has 28 heavy (non-hydrogen) atoms. The largest absolute Gasteiger partial charge is 0.348 e. The van der Waals surface area contributed by atoms with Gasteiger partial charge in [0.2, 0.25) is 15.9 Å². The Bertz CT molecular complexity index is 974. The molecule has 150 valence electrons. The fourth-order valence-corrected chi connectivity index (χ4v) is 4.85. The molecule has 1 amide bonds. The first-order valence-corrected chi connectivity index (χ1v) is 11.2. The maximum atomic E-state index is 13.2. The number of carbonyl (C=O) groups is 1. The van der Waals surface area contributed by atoms with Crippen LogP contribution in [0, 0.1) is 5.82 Å². The minimum absolute atomic E-state index is 0.247. The van der Waals surface area contributed by atoms with Crippen LogP contribution in [-0.2, 0) is 27.7 Å². The predicted molar refractivity (Wildman–Crippen MR) is 108 cm³/mol. The monoisotopic (exact) mass is 404 g/mol. The highest BCUT2D eigenvalue weighted by Crippen LogP contribution is 2.26. The number of anilines is 1. The number of sulfonamides is 1. The van der Waals surface area contributed by atoms with Crippen LogP contribution in [0.5, 0.6) is 0 Å². The summed E-state index contributed by atoms with van der Waals surface area (Å²) in [7, 11) is -3.73. The second-order valence-electron chi connectivity index (χ2n) is 7.32. The molecule has 2 aromatic rings. The van der Waals surface area contributed by atoms with Gasteiger partial charge in [0.1, 0.15) is 11.9 Å². The summed E-state index contributed by atoms with van der Waals surface area (Å²) in [5.74, 6) is -0.887. The zero-order valence-corrected chi connectivity index (χ0v) is 17.1. The van der Waals surface area contributed by atoms with E-state index in [-0.39, 0.29) is 11.7 Å². The summed E-state index contributed by atoms with van der Waals surface area (Å²) in [6.45, 7) is 3.40. The third kappa shape index (κ3) is 4.35. The fourth-order valence-electron chi connectivity index (χ4n) is 3.68. The Kier molecular flexibility index (Phi) is 5.74.